The monoisotopic (exact) mass is 474 g/mol. The van der Waals surface area contributed by atoms with E-state index in [0.717, 1.165) is 28.8 Å². The van der Waals surface area contributed by atoms with Gasteiger partial charge < -0.3 is 9.84 Å². The highest BCUT2D eigenvalue weighted by Gasteiger charge is 2.35. The fourth-order valence-electron chi connectivity index (χ4n) is 4.06. The molecule has 4 aromatic rings. The van der Waals surface area contributed by atoms with E-state index in [-0.39, 0.29) is 11.8 Å². The normalized spacial score (nSPS) is 16.1. The smallest absolute Gasteiger partial charge is 0.322 e. The van der Waals surface area contributed by atoms with Crippen LogP contribution in [0.15, 0.2) is 76.3 Å². The fourth-order valence-corrected chi connectivity index (χ4v) is 4.76. The first-order chi connectivity index (χ1) is 16.5. The van der Waals surface area contributed by atoms with Crippen LogP contribution in [0.1, 0.15) is 34.9 Å². The average Bonchev–Trinajstić information content (AvgIpc) is 3.52. The van der Waals surface area contributed by atoms with Gasteiger partial charge in [-0.1, -0.05) is 53.2 Å². The lowest BCUT2D eigenvalue weighted by atomic mass is 9.94. The molecule has 2 aromatic heterocycles. The van der Waals surface area contributed by atoms with Crippen LogP contribution >= 0.6 is 11.3 Å². The second-order valence-electron chi connectivity index (χ2n) is 8.20. The molecule has 1 aliphatic rings. The zero-order valence-corrected chi connectivity index (χ0v) is 19.6. The summed E-state index contributed by atoms with van der Waals surface area (Å²) in [6, 6.07) is 17.2. The Balaban J connectivity index is 1.55. The van der Waals surface area contributed by atoms with E-state index in [0.29, 0.717) is 23.8 Å². The highest BCUT2D eigenvalue weighted by atomic mass is 32.1. The summed E-state index contributed by atoms with van der Waals surface area (Å²) in [5, 5.41) is 9.26. The molecule has 0 saturated carbocycles. The van der Waals surface area contributed by atoms with Crippen LogP contribution in [0.5, 0.6) is 0 Å². The summed E-state index contributed by atoms with van der Waals surface area (Å²) in [5.74, 6) is 0.448. The number of hydrogen-bond acceptors (Lipinski definition) is 5. The van der Waals surface area contributed by atoms with Crippen molar-refractivity contribution in [3.63, 3.8) is 0 Å². The van der Waals surface area contributed by atoms with Crippen LogP contribution in [-0.4, -0.2) is 27.6 Å². The maximum Gasteiger partial charge on any atom is 0.322 e. The lowest BCUT2D eigenvalue weighted by Crippen LogP contribution is -2.46. The molecule has 2 aromatic carbocycles. The van der Waals surface area contributed by atoms with Crippen molar-refractivity contribution in [2.75, 3.05) is 6.54 Å². The molecule has 34 heavy (non-hydrogen) atoms. The van der Waals surface area contributed by atoms with Crippen LogP contribution in [0, 0.1) is 12.7 Å². The number of carbonyl (C=O) groups is 1. The highest BCUT2D eigenvalue weighted by Crippen LogP contribution is 2.37. The Morgan fingerprint density at radius 2 is 1.85 bits per heavy atom. The van der Waals surface area contributed by atoms with Gasteiger partial charge in [-0.3, -0.25) is 4.90 Å². The summed E-state index contributed by atoms with van der Waals surface area (Å²) in [6.45, 7) is 4.41. The third-order valence-corrected chi connectivity index (χ3v) is 6.86. The van der Waals surface area contributed by atoms with Crippen molar-refractivity contribution in [1.82, 2.24) is 20.4 Å². The molecule has 1 unspecified atom stereocenters. The summed E-state index contributed by atoms with van der Waals surface area (Å²) in [4.78, 5) is 20.7. The van der Waals surface area contributed by atoms with Crippen molar-refractivity contribution in [1.29, 1.82) is 0 Å². The van der Waals surface area contributed by atoms with E-state index in [1.807, 2.05) is 49.6 Å². The molecule has 0 aliphatic carbocycles. The number of nitrogens with zero attached hydrogens (tertiary/aromatic N) is 3. The third kappa shape index (κ3) is 4.36. The van der Waals surface area contributed by atoms with Crippen LogP contribution in [0.2, 0.25) is 0 Å². The fraction of sp³-hybridized carbons (Fsp3) is 0.192. The number of urea groups is 1. The van der Waals surface area contributed by atoms with Crippen molar-refractivity contribution in [2.45, 2.75) is 26.3 Å². The van der Waals surface area contributed by atoms with Gasteiger partial charge in [0.1, 0.15) is 5.82 Å². The summed E-state index contributed by atoms with van der Waals surface area (Å²) < 4.78 is 19.3. The lowest BCUT2D eigenvalue weighted by Gasteiger charge is -2.35. The van der Waals surface area contributed by atoms with Crippen molar-refractivity contribution in [3.05, 3.63) is 99.5 Å². The number of halogens is 1. The zero-order chi connectivity index (χ0) is 23.7. The summed E-state index contributed by atoms with van der Waals surface area (Å²) in [5.41, 5.74) is 4.14. The molecular weight excluding hydrogens is 451 g/mol. The summed E-state index contributed by atoms with van der Waals surface area (Å²) in [6.07, 6.45) is 0.732. The topological polar surface area (TPSA) is 71.3 Å². The molecule has 0 radical (unpaired) electrons. The van der Waals surface area contributed by atoms with E-state index < -0.39 is 6.04 Å². The van der Waals surface area contributed by atoms with E-state index in [1.165, 1.54) is 17.0 Å². The predicted molar refractivity (Wildman–Crippen MR) is 129 cm³/mol. The molecule has 1 atom stereocenters. The zero-order valence-electron chi connectivity index (χ0n) is 18.8. The third-order valence-electron chi connectivity index (χ3n) is 5.93. The van der Waals surface area contributed by atoms with Crippen LogP contribution in [0.4, 0.5) is 9.18 Å². The Morgan fingerprint density at radius 3 is 2.56 bits per heavy atom. The Morgan fingerprint density at radius 1 is 1.09 bits per heavy atom. The predicted octanol–water partition coefficient (Wildman–Crippen LogP) is 5.99. The number of allylic oxidation sites excluding steroid dienone is 1. The number of aromatic nitrogens is 2. The average molecular weight is 475 g/mol. The van der Waals surface area contributed by atoms with Gasteiger partial charge >= 0.3 is 6.03 Å². The molecular formula is C26H23FN4O2S. The number of aryl methyl sites for hydroxylation is 1. The largest absolute Gasteiger partial charge is 0.334 e. The summed E-state index contributed by atoms with van der Waals surface area (Å²) >= 11 is 1.66. The maximum absolute atomic E-state index is 13.6. The van der Waals surface area contributed by atoms with Gasteiger partial charge in [0.05, 0.1) is 11.6 Å². The van der Waals surface area contributed by atoms with Crippen molar-refractivity contribution in [2.24, 2.45) is 0 Å². The second-order valence-corrected chi connectivity index (χ2v) is 9.24. The highest BCUT2D eigenvalue weighted by molar-refractivity contribution is 7.09. The minimum absolute atomic E-state index is 0.217. The minimum Gasteiger partial charge on any atom is -0.334 e. The maximum atomic E-state index is 13.6. The summed E-state index contributed by atoms with van der Waals surface area (Å²) in [7, 11) is 0. The Bertz CT molecular complexity index is 1330. The number of rotatable bonds is 6. The lowest BCUT2D eigenvalue weighted by molar-refractivity contribution is 0.205. The van der Waals surface area contributed by atoms with Crippen LogP contribution < -0.4 is 5.32 Å². The SMILES string of the molecule is CC1=C(c2nc(-c3ccc(C)cc3)no2)C(c2ccc(F)cc2)NC(=O)N1CCc1cccs1. The second kappa shape index (κ2) is 9.23. The van der Waals surface area contributed by atoms with E-state index in [1.54, 1.807) is 28.4 Å². The van der Waals surface area contributed by atoms with Crippen LogP contribution in [0.25, 0.3) is 17.0 Å². The van der Waals surface area contributed by atoms with Crippen LogP contribution in [0.3, 0.4) is 0 Å². The Hall–Kier alpha value is -3.78. The molecule has 172 valence electrons. The van der Waals surface area contributed by atoms with Gasteiger partial charge in [0, 0.05) is 22.7 Å². The number of benzene rings is 2. The number of thiophene rings is 1. The first-order valence-corrected chi connectivity index (χ1v) is 11.9. The molecule has 0 saturated heterocycles. The van der Waals surface area contributed by atoms with E-state index >= 15 is 0 Å². The van der Waals surface area contributed by atoms with E-state index in [9.17, 15) is 9.18 Å². The molecule has 1 aliphatic heterocycles. The van der Waals surface area contributed by atoms with Crippen molar-refractivity contribution in [3.8, 4) is 11.4 Å². The number of hydrogen-bond donors (Lipinski definition) is 1. The molecule has 0 fully saturated rings. The quantitative estimate of drug-likeness (QED) is 0.373. The van der Waals surface area contributed by atoms with Gasteiger partial charge in [-0.05, 0) is 49.4 Å². The van der Waals surface area contributed by atoms with Gasteiger partial charge in [-0.15, -0.1) is 11.3 Å². The van der Waals surface area contributed by atoms with Gasteiger partial charge in [-0.25, -0.2) is 9.18 Å². The van der Waals surface area contributed by atoms with E-state index in [4.69, 9.17) is 4.52 Å². The van der Waals surface area contributed by atoms with Gasteiger partial charge in [0.2, 0.25) is 5.82 Å². The van der Waals surface area contributed by atoms with Gasteiger partial charge in [0.25, 0.3) is 5.89 Å². The van der Waals surface area contributed by atoms with Crippen molar-refractivity contribution < 1.29 is 13.7 Å². The van der Waals surface area contributed by atoms with Crippen molar-refractivity contribution >= 4 is 22.9 Å². The number of amides is 2. The van der Waals surface area contributed by atoms with Crippen LogP contribution in [-0.2, 0) is 6.42 Å². The molecule has 8 heteroatoms. The molecule has 6 nitrogen and oxygen atoms in total. The minimum atomic E-state index is -0.544. The Kier molecular flexibility index (Phi) is 5.98. The number of carbonyl (C=O) groups excluding carboxylic acids is 1. The molecule has 3 heterocycles. The molecule has 0 bridgehead atoms. The molecule has 1 N–H and O–H groups in total. The molecule has 5 rings (SSSR count). The first-order valence-electron chi connectivity index (χ1n) is 11.0. The van der Waals surface area contributed by atoms with Gasteiger partial charge in [0.15, 0.2) is 0 Å². The molecule has 2 amide bonds. The number of nitrogens with one attached hydrogen (secondary N) is 1. The van der Waals surface area contributed by atoms with E-state index in [2.05, 4.69) is 21.5 Å². The first kappa shape index (κ1) is 22.0. The standard InChI is InChI=1S/C26H23FN4O2S/c1-16-5-7-19(8-6-16)24-29-25(33-30-24)22-17(2)31(14-13-21-4-3-15-34-21)26(32)28-23(22)18-9-11-20(27)12-10-18/h3-12,15,23H,13-14H2,1-2H3,(H,28,32). The van der Waals surface area contributed by atoms with Gasteiger partial charge in [-0.2, -0.15) is 4.98 Å². The Labute approximate surface area is 200 Å². The molecule has 0 spiro atoms.